The third-order valence-corrected chi connectivity index (χ3v) is 4.91. The SMILES string of the molecule is Cc1c(Cl)cc(C(=O)NCCCC(C)C)cc1S(=O)(=O)Cl. The molecule has 0 aliphatic heterocycles. The van der Waals surface area contributed by atoms with Crippen LogP contribution in [0.5, 0.6) is 0 Å². The van der Waals surface area contributed by atoms with E-state index in [1.54, 1.807) is 6.92 Å². The normalized spacial score (nSPS) is 11.7. The first-order chi connectivity index (χ1) is 9.62. The predicted octanol–water partition coefficient (Wildman–Crippen LogP) is 3.74. The van der Waals surface area contributed by atoms with Gasteiger partial charge in [-0.15, -0.1) is 0 Å². The summed E-state index contributed by atoms with van der Waals surface area (Å²) < 4.78 is 23.0. The molecule has 0 aliphatic rings. The monoisotopic (exact) mass is 351 g/mol. The van der Waals surface area contributed by atoms with Crippen LogP contribution in [0.1, 0.15) is 42.6 Å². The number of halogens is 2. The van der Waals surface area contributed by atoms with Crippen molar-refractivity contribution in [3.8, 4) is 0 Å². The van der Waals surface area contributed by atoms with Crippen molar-refractivity contribution in [3.63, 3.8) is 0 Å². The van der Waals surface area contributed by atoms with Gasteiger partial charge in [0.05, 0.1) is 4.90 Å². The Morgan fingerprint density at radius 1 is 1.33 bits per heavy atom. The van der Waals surface area contributed by atoms with Crippen LogP contribution < -0.4 is 5.32 Å². The Kier molecular flexibility index (Phi) is 6.50. The number of amides is 1. The third kappa shape index (κ3) is 5.49. The molecule has 1 N–H and O–H groups in total. The zero-order valence-electron chi connectivity index (χ0n) is 12.2. The topological polar surface area (TPSA) is 63.2 Å². The molecule has 1 rings (SSSR count). The van der Waals surface area contributed by atoms with Crippen LogP contribution in [-0.2, 0) is 9.05 Å². The molecule has 1 aromatic carbocycles. The molecule has 0 fully saturated rings. The summed E-state index contributed by atoms with van der Waals surface area (Å²) in [6, 6.07) is 2.70. The van der Waals surface area contributed by atoms with E-state index in [-0.39, 0.29) is 21.4 Å². The molecule has 0 aromatic heterocycles. The zero-order chi connectivity index (χ0) is 16.2. The molecule has 0 bridgehead atoms. The molecule has 0 heterocycles. The molecule has 0 aliphatic carbocycles. The van der Waals surface area contributed by atoms with E-state index in [1.165, 1.54) is 12.1 Å². The molecule has 4 nitrogen and oxygen atoms in total. The van der Waals surface area contributed by atoms with Crippen LogP contribution in [0.3, 0.4) is 0 Å². The van der Waals surface area contributed by atoms with E-state index in [2.05, 4.69) is 19.2 Å². The molecule has 7 heteroatoms. The quantitative estimate of drug-likeness (QED) is 0.627. The first-order valence-corrected chi connectivity index (χ1v) is 9.34. The van der Waals surface area contributed by atoms with Crippen LogP contribution in [0.2, 0.25) is 5.02 Å². The van der Waals surface area contributed by atoms with Gasteiger partial charge in [-0.2, -0.15) is 0 Å². The fourth-order valence-electron chi connectivity index (χ4n) is 1.85. The molecule has 0 atom stereocenters. The summed E-state index contributed by atoms with van der Waals surface area (Å²) in [4.78, 5) is 11.9. The molecular formula is C14H19Cl2NO3S. The number of nitrogens with one attached hydrogen (secondary N) is 1. The molecular weight excluding hydrogens is 333 g/mol. The van der Waals surface area contributed by atoms with Crippen LogP contribution in [-0.4, -0.2) is 20.9 Å². The maximum atomic E-state index is 12.0. The van der Waals surface area contributed by atoms with Gasteiger partial charge in [0.1, 0.15) is 0 Å². The van der Waals surface area contributed by atoms with Crippen molar-refractivity contribution < 1.29 is 13.2 Å². The number of hydrogen-bond acceptors (Lipinski definition) is 3. The summed E-state index contributed by atoms with van der Waals surface area (Å²) in [6.07, 6.45) is 1.87. The third-order valence-electron chi connectivity index (χ3n) is 3.07. The Morgan fingerprint density at radius 3 is 2.48 bits per heavy atom. The lowest BCUT2D eigenvalue weighted by Gasteiger charge is -2.10. The number of carbonyl (C=O) groups excluding carboxylic acids is 1. The lowest BCUT2D eigenvalue weighted by atomic mass is 10.1. The first kappa shape index (κ1) is 18.3. The molecule has 0 radical (unpaired) electrons. The van der Waals surface area contributed by atoms with E-state index in [9.17, 15) is 13.2 Å². The maximum absolute atomic E-state index is 12.0. The van der Waals surface area contributed by atoms with E-state index in [1.807, 2.05) is 0 Å². The van der Waals surface area contributed by atoms with Crippen molar-refractivity contribution in [3.05, 3.63) is 28.3 Å². The largest absolute Gasteiger partial charge is 0.352 e. The summed E-state index contributed by atoms with van der Waals surface area (Å²) in [6.45, 7) is 6.30. The van der Waals surface area contributed by atoms with Gasteiger partial charge < -0.3 is 5.32 Å². The summed E-state index contributed by atoms with van der Waals surface area (Å²) >= 11 is 5.97. The standard InChI is InChI=1S/C14H19Cl2NO3S/c1-9(2)5-4-6-17-14(18)11-7-12(15)10(3)13(8-11)21(16,19)20/h7-9H,4-6H2,1-3H3,(H,17,18). The highest BCUT2D eigenvalue weighted by atomic mass is 35.7. The minimum Gasteiger partial charge on any atom is -0.352 e. The number of hydrogen-bond donors (Lipinski definition) is 1. The van der Waals surface area contributed by atoms with Crippen molar-refractivity contribution in [1.29, 1.82) is 0 Å². The number of rotatable bonds is 6. The summed E-state index contributed by atoms with van der Waals surface area (Å²) in [5.41, 5.74) is 0.525. The van der Waals surface area contributed by atoms with Gasteiger partial charge in [0, 0.05) is 27.8 Å². The second kappa shape index (κ2) is 7.47. The Hall–Kier alpha value is -0.780. The van der Waals surface area contributed by atoms with Gasteiger partial charge in [0.15, 0.2) is 0 Å². The van der Waals surface area contributed by atoms with Crippen molar-refractivity contribution in [2.45, 2.75) is 38.5 Å². The maximum Gasteiger partial charge on any atom is 0.261 e. The summed E-state index contributed by atoms with van der Waals surface area (Å²) in [5.74, 6) is 0.214. The highest BCUT2D eigenvalue weighted by Gasteiger charge is 2.19. The number of benzene rings is 1. The molecule has 0 saturated heterocycles. The van der Waals surface area contributed by atoms with E-state index >= 15 is 0 Å². The summed E-state index contributed by atoms with van der Waals surface area (Å²) in [5, 5.41) is 2.94. The van der Waals surface area contributed by atoms with Crippen LogP contribution in [0, 0.1) is 12.8 Å². The fourth-order valence-corrected chi connectivity index (χ4v) is 3.35. The zero-order valence-corrected chi connectivity index (χ0v) is 14.6. The van der Waals surface area contributed by atoms with Gasteiger partial charge >= 0.3 is 0 Å². The fraction of sp³-hybridized carbons (Fsp3) is 0.500. The molecule has 1 aromatic rings. The predicted molar refractivity (Wildman–Crippen MR) is 85.6 cm³/mol. The van der Waals surface area contributed by atoms with Crippen molar-refractivity contribution in [2.75, 3.05) is 6.54 Å². The first-order valence-electron chi connectivity index (χ1n) is 6.66. The molecule has 1 amide bonds. The van der Waals surface area contributed by atoms with Gasteiger partial charge in [0.25, 0.3) is 15.0 Å². The van der Waals surface area contributed by atoms with Crippen molar-refractivity contribution >= 4 is 37.2 Å². The number of carbonyl (C=O) groups is 1. The lowest BCUT2D eigenvalue weighted by Crippen LogP contribution is -2.25. The minimum absolute atomic E-state index is 0.135. The highest BCUT2D eigenvalue weighted by molar-refractivity contribution is 8.13. The average molecular weight is 352 g/mol. The van der Waals surface area contributed by atoms with Gasteiger partial charge in [0.2, 0.25) is 0 Å². The van der Waals surface area contributed by atoms with Gasteiger partial charge in [-0.1, -0.05) is 25.4 Å². The average Bonchev–Trinajstić information content (AvgIpc) is 2.35. The van der Waals surface area contributed by atoms with Crippen LogP contribution >= 0.6 is 22.3 Å². The highest BCUT2D eigenvalue weighted by Crippen LogP contribution is 2.27. The minimum atomic E-state index is -3.94. The van der Waals surface area contributed by atoms with E-state index < -0.39 is 9.05 Å². The summed E-state index contributed by atoms with van der Waals surface area (Å²) in [7, 11) is 1.42. The van der Waals surface area contributed by atoms with Crippen molar-refractivity contribution in [2.24, 2.45) is 5.92 Å². The smallest absolute Gasteiger partial charge is 0.261 e. The van der Waals surface area contributed by atoms with E-state index in [4.69, 9.17) is 22.3 Å². The second-order valence-electron chi connectivity index (χ2n) is 5.31. The lowest BCUT2D eigenvalue weighted by molar-refractivity contribution is 0.0952. The molecule has 0 saturated carbocycles. The van der Waals surface area contributed by atoms with Crippen molar-refractivity contribution in [1.82, 2.24) is 5.32 Å². The van der Waals surface area contributed by atoms with Crippen LogP contribution in [0.25, 0.3) is 0 Å². The molecule has 0 spiro atoms. The van der Waals surface area contributed by atoms with E-state index in [0.29, 0.717) is 18.0 Å². The Morgan fingerprint density at radius 2 is 1.95 bits per heavy atom. The Bertz CT molecular complexity index is 627. The molecule has 118 valence electrons. The van der Waals surface area contributed by atoms with Crippen LogP contribution in [0.15, 0.2) is 17.0 Å². The van der Waals surface area contributed by atoms with E-state index in [0.717, 1.165) is 12.8 Å². The van der Waals surface area contributed by atoms with Crippen LogP contribution in [0.4, 0.5) is 0 Å². The van der Waals surface area contributed by atoms with Gasteiger partial charge in [-0.25, -0.2) is 8.42 Å². The Labute approximate surface area is 135 Å². The van der Waals surface area contributed by atoms with Gasteiger partial charge in [-0.05, 0) is 43.4 Å². The molecule has 0 unspecified atom stereocenters. The second-order valence-corrected chi connectivity index (χ2v) is 8.25. The Balaban J connectivity index is 2.89. The van der Waals surface area contributed by atoms with Gasteiger partial charge in [-0.3, -0.25) is 4.79 Å². The molecule has 21 heavy (non-hydrogen) atoms.